The van der Waals surface area contributed by atoms with E-state index in [1.54, 1.807) is 17.7 Å². The predicted octanol–water partition coefficient (Wildman–Crippen LogP) is 1.58. The Kier molecular flexibility index (Phi) is 4.90. The second-order valence-electron chi connectivity index (χ2n) is 5.44. The first-order valence-electron chi connectivity index (χ1n) is 7.30. The number of sulfonamides is 1. The minimum Gasteiger partial charge on any atom is -0.460 e. The second kappa shape index (κ2) is 6.79. The Labute approximate surface area is 146 Å². The third-order valence-electron chi connectivity index (χ3n) is 3.53. The summed E-state index contributed by atoms with van der Waals surface area (Å²) in [6.07, 6.45) is 1.63. The molecule has 0 aromatic carbocycles. The molecule has 1 aliphatic rings. The second-order valence-corrected chi connectivity index (χ2v) is 8.86. The van der Waals surface area contributed by atoms with Gasteiger partial charge in [-0.25, -0.2) is 17.9 Å². The van der Waals surface area contributed by atoms with E-state index in [4.69, 9.17) is 4.74 Å². The zero-order chi connectivity index (χ0) is 17.3. The first-order chi connectivity index (χ1) is 11.4. The molecule has 10 heteroatoms. The molecule has 0 saturated heterocycles. The first-order valence-corrected chi connectivity index (χ1v) is 10.5. The fourth-order valence-electron chi connectivity index (χ4n) is 2.11. The first kappa shape index (κ1) is 17.3. The summed E-state index contributed by atoms with van der Waals surface area (Å²) in [5.41, 5.74) is 0.800. The van der Waals surface area contributed by atoms with Crippen LogP contribution in [0.25, 0.3) is 0 Å². The number of thiazole rings is 1. The summed E-state index contributed by atoms with van der Waals surface area (Å²) in [6.45, 7) is 2.05. The maximum atomic E-state index is 12.3. The van der Waals surface area contributed by atoms with Crippen molar-refractivity contribution >= 4 is 38.7 Å². The number of hydrogen-bond donors (Lipinski definition) is 1. The standard InChI is InChI=1S/C14H16N2O5S3/c1-9-8-23-14(18)16(9)5-6-21-13(17)12-11(4-7-22-12)24(19,20)15-10-2-3-10/h4,7-8,10,15H,2-3,5-6H2,1H3. The van der Waals surface area contributed by atoms with Crippen molar-refractivity contribution in [2.24, 2.45) is 0 Å². The fourth-order valence-corrected chi connectivity index (χ4v) is 5.49. The molecule has 2 aromatic rings. The van der Waals surface area contributed by atoms with Crippen molar-refractivity contribution in [3.05, 3.63) is 37.1 Å². The van der Waals surface area contributed by atoms with Gasteiger partial charge in [-0.05, 0) is 31.2 Å². The van der Waals surface area contributed by atoms with E-state index in [0.717, 1.165) is 41.2 Å². The SMILES string of the molecule is Cc1csc(=O)n1CCOC(=O)c1sccc1S(=O)(=O)NC1CC1. The Morgan fingerprint density at radius 2 is 2.17 bits per heavy atom. The van der Waals surface area contributed by atoms with Gasteiger partial charge >= 0.3 is 10.8 Å². The number of aryl methyl sites for hydroxylation is 1. The van der Waals surface area contributed by atoms with Crippen molar-refractivity contribution in [2.45, 2.75) is 37.2 Å². The minimum absolute atomic E-state index is 0.00372. The zero-order valence-electron chi connectivity index (χ0n) is 12.9. The quantitative estimate of drug-likeness (QED) is 0.727. The molecular formula is C14H16N2O5S3. The van der Waals surface area contributed by atoms with Gasteiger partial charge in [-0.3, -0.25) is 9.36 Å². The molecule has 3 rings (SSSR count). The lowest BCUT2D eigenvalue weighted by atomic mass is 10.4. The predicted molar refractivity (Wildman–Crippen MR) is 91.3 cm³/mol. The van der Waals surface area contributed by atoms with Crippen LogP contribution in [0.15, 0.2) is 26.5 Å². The molecule has 0 amide bonds. The van der Waals surface area contributed by atoms with Crippen LogP contribution in [0.1, 0.15) is 28.2 Å². The summed E-state index contributed by atoms with van der Waals surface area (Å²) in [4.78, 5) is 23.7. The fraction of sp³-hybridized carbons (Fsp3) is 0.429. The smallest absolute Gasteiger partial charge is 0.349 e. The van der Waals surface area contributed by atoms with Crippen molar-refractivity contribution < 1.29 is 17.9 Å². The molecule has 24 heavy (non-hydrogen) atoms. The lowest BCUT2D eigenvalue weighted by molar-refractivity contribution is 0.0491. The van der Waals surface area contributed by atoms with Crippen molar-refractivity contribution in [1.82, 2.24) is 9.29 Å². The number of nitrogens with one attached hydrogen (secondary N) is 1. The number of esters is 1. The van der Waals surface area contributed by atoms with Gasteiger partial charge in [0, 0.05) is 17.1 Å². The van der Waals surface area contributed by atoms with E-state index in [0.29, 0.717) is 0 Å². The van der Waals surface area contributed by atoms with Gasteiger partial charge in [-0.1, -0.05) is 11.3 Å². The van der Waals surface area contributed by atoms with E-state index >= 15 is 0 Å². The topological polar surface area (TPSA) is 94.5 Å². The van der Waals surface area contributed by atoms with E-state index < -0.39 is 16.0 Å². The van der Waals surface area contributed by atoms with Crippen LogP contribution in [0.5, 0.6) is 0 Å². The van der Waals surface area contributed by atoms with E-state index in [1.807, 2.05) is 0 Å². The van der Waals surface area contributed by atoms with E-state index in [-0.39, 0.29) is 33.8 Å². The van der Waals surface area contributed by atoms with Crippen molar-refractivity contribution in [1.29, 1.82) is 0 Å². The highest BCUT2D eigenvalue weighted by atomic mass is 32.2. The van der Waals surface area contributed by atoms with E-state index in [2.05, 4.69) is 4.72 Å². The molecule has 0 bridgehead atoms. The number of rotatable bonds is 7. The molecule has 1 N–H and O–H groups in total. The van der Waals surface area contributed by atoms with Gasteiger partial charge in [0.2, 0.25) is 10.0 Å². The van der Waals surface area contributed by atoms with Gasteiger partial charge in [-0.15, -0.1) is 11.3 Å². The summed E-state index contributed by atoms with van der Waals surface area (Å²) >= 11 is 2.11. The summed E-state index contributed by atoms with van der Waals surface area (Å²) in [7, 11) is -3.71. The van der Waals surface area contributed by atoms with Crippen molar-refractivity contribution in [3.63, 3.8) is 0 Å². The van der Waals surface area contributed by atoms with Crippen LogP contribution in [0, 0.1) is 6.92 Å². The number of ether oxygens (including phenoxy) is 1. The van der Waals surface area contributed by atoms with Crippen LogP contribution >= 0.6 is 22.7 Å². The van der Waals surface area contributed by atoms with Crippen molar-refractivity contribution in [3.8, 4) is 0 Å². The van der Waals surface area contributed by atoms with Crippen LogP contribution in [-0.2, 0) is 21.3 Å². The monoisotopic (exact) mass is 388 g/mol. The highest BCUT2D eigenvalue weighted by molar-refractivity contribution is 7.89. The molecule has 0 aliphatic heterocycles. The lowest BCUT2D eigenvalue weighted by Crippen LogP contribution is -2.27. The van der Waals surface area contributed by atoms with Gasteiger partial charge in [0.15, 0.2) is 0 Å². The van der Waals surface area contributed by atoms with E-state index in [1.165, 1.54) is 10.6 Å². The largest absolute Gasteiger partial charge is 0.460 e. The van der Waals surface area contributed by atoms with Crippen LogP contribution in [-0.4, -0.2) is 31.6 Å². The maximum Gasteiger partial charge on any atom is 0.349 e. The zero-order valence-corrected chi connectivity index (χ0v) is 15.3. The summed E-state index contributed by atoms with van der Waals surface area (Å²) in [6, 6.07) is 1.37. The Morgan fingerprint density at radius 1 is 1.42 bits per heavy atom. The number of hydrogen-bond acceptors (Lipinski definition) is 7. The Bertz CT molecular complexity index is 905. The molecule has 0 radical (unpaired) electrons. The maximum absolute atomic E-state index is 12.3. The normalized spacial score (nSPS) is 14.7. The molecule has 0 unspecified atom stereocenters. The molecule has 2 heterocycles. The average Bonchev–Trinajstić information content (AvgIpc) is 3.07. The minimum atomic E-state index is -3.71. The van der Waals surface area contributed by atoms with Crippen LogP contribution in [0.2, 0.25) is 0 Å². The van der Waals surface area contributed by atoms with Gasteiger partial charge in [-0.2, -0.15) is 0 Å². The Hall–Kier alpha value is -1.49. The molecule has 0 spiro atoms. The molecule has 1 saturated carbocycles. The van der Waals surface area contributed by atoms with Gasteiger partial charge in [0.25, 0.3) is 0 Å². The summed E-state index contributed by atoms with van der Waals surface area (Å²) in [5, 5.41) is 3.28. The average molecular weight is 388 g/mol. The van der Waals surface area contributed by atoms with Crippen LogP contribution < -0.4 is 9.60 Å². The third-order valence-corrected chi connectivity index (χ3v) is 7.00. The molecule has 1 fully saturated rings. The molecule has 130 valence electrons. The Balaban J connectivity index is 1.65. The van der Waals surface area contributed by atoms with E-state index in [9.17, 15) is 18.0 Å². The van der Waals surface area contributed by atoms with Crippen LogP contribution in [0.3, 0.4) is 0 Å². The van der Waals surface area contributed by atoms with Crippen molar-refractivity contribution in [2.75, 3.05) is 6.61 Å². The third kappa shape index (κ3) is 3.77. The number of thiophene rings is 1. The van der Waals surface area contributed by atoms with Gasteiger partial charge in [0.05, 0.1) is 6.54 Å². The number of nitrogens with zero attached hydrogens (tertiary/aromatic N) is 1. The molecule has 7 nitrogen and oxygen atoms in total. The summed E-state index contributed by atoms with van der Waals surface area (Å²) in [5.74, 6) is -0.692. The molecular weight excluding hydrogens is 372 g/mol. The highest BCUT2D eigenvalue weighted by Crippen LogP contribution is 2.26. The highest BCUT2D eigenvalue weighted by Gasteiger charge is 2.31. The van der Waals surface area contributed by atoms with Gasteiger partial charge in [0.1, 0.15) is 16.4 Å². The number of carbonyl (C=O) groups excluding carboxylic acids is 1. The molecule has 1 aliphatic carbocycles. The number of carbonyl (C=O) groups is 1. The summed E-state index contributed by atoms with van der Waals surface area (Å²) < 4.78 is 33.7. The Morgan fingerprint density at radius 3 is 2.79 bits per heavy atom. The number of aromatic nitrogens is 1. The molecule has 0 atom stereocenters. The molecule has 2 aromatic heterocycles. The van der Waals surface area contributed by atoms with Gasteiger partial charge < -0.3 is 4.74 Å². The lowest BCUT2D eigenvalue weighted by Gasteiger charge is -2.08. The van der Waals surface area contributed by atoms with Crippen LogP contribution in [0.4, 0.5) is 0 Å².